The molecule has 0 bridgehead atoms. The third-order valence-corrected chi connectivity index (χ3v) is 3.04. The lowest BCUT2D eigenvalue weighted by molar-refractivity contribution is -0.385. The van der Waals surface area contributed by atoms with Crippen molar-refractivity contribution in [1.82, 2.24) is 9.78 Å². The Balaban J connectivity index is 2.09. The number of carbonyl (C=O) groups excluding carboxylic acids is 1. The number of carbonyl (C=O) groups is 1. The summed E-state index contributed by atoms with van der Waals surface area (Å²) in [6.07, 6.45) is 0.564. The van der Waals surface area contributed by atoms with Crippen molar-refractivity contribution in [3.63, 3.8) is 0 Å². The number of nitro groups is 1. The number of halogens is 4. The predicted molar refractivity (Wildman–Crippen MR) is 75.0 cm³/mol. The van der Waals surface area contributed by atoms with Crippen LogP contribution >= 0.6 is 0 Å². The first-order valence-electron chi connectivity index (χ1n) is 6.63. The normalized spacial score (nSPS) is 10.6. The van der Waals surface area contributed by atoms with Gasteiger partial charge in [0.15, 0.2) is 23.3 Å². The van der Waals surface area contributed by atoms with E-state index >= 15 is 0 Å². The third-order valence-electron chi connectivity index (χ3n) is 3.04. The van der Waals surface area contributed by atoms with Crippen LogP contribution in [0, 0.1) is 33.4 Å². The van der Waals surface area contributed by atoms with E-state index in [1.807, 2.05) is 0 Å². The van der Waals surface area contributed by atoms with Crippen LogP contribution in [0.15, 0.2) is 12.3 Å². The summed E-state index contributed by atoms with van der Waals surface area (Å²) in [5.41, 5.74) is -1.70. The standard InChI is InChI=1S/C13H10F4N4O4/c1-25-13-8(21(23)24)5-20(19-13)3-2-9(22)18-12-10(16)6(14)4-7(15)11(12)17/h4-5H,2-3H2,1H3,(H,18,22). The predicted octanol–water partition coefficient (Wildman–Crippen LogP) is 2.39. The largest absolute Gasteiger partial charge is 0.475 e. The Labute approximate surface area is 137 Å². The molecule has 1 aromatic carbocycles. The van der Waals surface area contributed by atoms with Crippen LogP contribution in [0.1, 0.15) is 6.42 Å². The molecule has 0 radical (unpaired) electrons. The van der Waals surface area contributed by atoms with Crippen LogP contribution in [-0.4, -0.2) is 27.7 Å². The van der Waals surface area contributed by atoms with Gasteiger partial charge in [-0.15, -0.1) is 5.10 Å². The summed E-state index contributed by atoms with van der Waals surface area (Å²) in [7, 11) is 1.16. The summed E-state index contributed by atoms with van der Waals surface area (Å²) in [5.74, 6) is -8.09. The van der Waals surface area contributed by atoms with Gasteiger partial charge in [0.1, 0.15) is 11.9 Å². The van der Waals surface area contributed by atoms with Crippen LogP contribution < -0.4 is 10.1 Å². The van der Waals surface area contributed by atoms with E-state index in [0.717, 1.165) is 18.0 Å². The number of methoxy groups -OCH3 is 1. The number of nitrogens with zero attached hydrogens (tertiary/aromatic N) is 3. The molecule has 0 spiro atoms. The van der Waals surface area contributed by atoms with Crippen molar-refractivity contribution in [3.05, 3.63) is 45.6 Å². The number of anilines is 1. The van der Waals surface area contributed by atoms with Gasteiger partial charge in [-0.05, 0) is 0 Å². The molecule has 0 unspecified atom stereocenters. The van der Waals surface area contributed by atoms with Crippen molar-refractivity contribution < 1.29 is 32.0 Å². The molecule has 0 aliphatic heterocycles. The first kappa shape index (κ1) is 18.2. The number of hydrogen-bond acceptors (Lipinski definition) is 5. The average Bonchev–Trinajstić information content (AvgIpc) is 2.99. The van der Waals surface area contributed by atoms with Crippen molar-refractivity contribution in [2.75, 3.05) is 12.4 Å². The van der Waals surface area contributed by atoms with Gasteiger partial charge in [-0.2, -0.15) is 0 Å². The highest BCUT2D eigenvalue weighted by Crippen LogP contribution is 2.25. The number of ether oxygens (including phenoxy) is 1. The summed E-state index contributed by atoms with van der Waals surface area (Å²) >= 11 is 0. The number of amides is 1. The van der Waals surface area contributed by atoms with Crippen LogP contribution in [0.4, 0.5) is 28.9 Å². The lowest BCUT2D eigenvalue weighted by Gasteiger charge is -2.09. The SMILES string of the molecule is COc1nn(CCC(=O)Nc2c(F)c(F)cc(F)c2F)cc1[N+](=O)[O-]. The summed E-state index contributed by atoms with van der Waals surface area (Å²) in [4.78, 5) is 21.7. The number of rotatable bonds is 6. The first-order valence-corrected chi connectivity index (χ1v) is 6.63. The van der Waals surface area contributed by atoms with Crippen molar-refractivity contribution in [3.8, 4) is 5.88 Å². The van der Waals surface area contributed by atoms with Gasteiger partial charge in [0.2, 0.25) is 5.91 Å². The first-order chi connectivity index (χ1) is 11.7. The van der Waals surface area contributed by atoms with Crippen molar-refractivity contribution in [1.29, 1.82) is 0 Å². The van der Waals surface area contributed by atoms with Gasteiger partial charge in [-0.3, -0.25) is 19.6 Å². The molecule has 2 rings (SSSR count). The molecule has 0 saturated heterocycles. The van der Waals surface area contributed by atoms with E-state index < -0.39 is 51.9 Å². The van der Waals surface area contributed by atoms with Crippen molar-refractivity contribution >= 4 is 17.3 Å². The lowest BCUT2D eigenvalue weighted by atomic mass is 10.2. The maximum atomic E-state index is 13.5. The fourth-order valence-electron chi connectivity index (χ4n) is 1.88. The van der Waals surface area contributed by atoms with Crippen LogP contribution in [0.3, 0.4) is 0 Å². The minimum absolute atomic E-state index is 0.00940. The van der Waals surface area contributed by atoms with Gasteiger partial charge in [0.25, 0.3) is 0 Å². The van der Waals surface area contributed by atoms with Crippen LogP contribution in [0.2, 0.25) is 0 Å². The number of nitrogens with one attached hydrogen (secondary N) is 1. The van der Waals surface area contributed by atoms with E-state index in [2.05, 4.69) is 5.10 Å². The molecule has 2 aromatic rings. The highest BCUT2D eigenvalue weighted by Gasteiger charge is 2.22. The molecule has 0 aliphatic rings. The van der Waals surface area contributed by atoms with Crippen LogP contribution in [0.25, 0.3) is 0 Å². The summed E-state index contributed by atoms with van der Waals surface area (Å²) in [6, 6.07) is 0.00940. The molecule has 1 heterocycles. The average molecular weight is 362 g/mol. The van der Waals surface area contributed by atoms with Gasteiger partial charge in [0.05, 0.1) is 18.6 Å². The van der Waals surface area contributed by atoms with Gasteiger partial charge in [0, 0.05) is 12.5 Å². The van der Waals surface area contributed by atoms with Crippen LogP contribution in [0.5, 0.6) is 5.88 Å². The zero-order valence-corrected chi connectivity index (χ0v) is 12.6. The molecular formula is C13H10F4N4O4. The maximum absolute atomic E-state index is 13.5. The highest BCUT2D eigenvalue weighted by atomic mass is 19.2. The van der Waals surface area contributed by atoms with E-state index in [-0.39, 0.29) is 18.5 Å². The third kappa shape index (κ3) is 3.84. The number of aryl methyl sites for hydroxylation is 1. The number of benzene rings is 1. The smallest absolute Gasteiger partial charge is 0.350 e. The lowest BCUT2D eigenvalue weighted by Crippen LogP contribution is -2.17. The molecule has 1 aromatic heterocycles. The second-order valence-electron chi connectivity index (χ2n) is 4.69. The second kappa shape index (κ2) is 7.15. The van der Waals surface area contributed by atoms with E-state index in [4.69, 9.17) is 4.74 Å². The fourth-order valence-corrected chi connectivity index (χ4v) is 1.88. The number of aromatic nitrogens is 2. The monoisotopic (exact) mass is 362 g/mol. The molecule has 0 aliphatic carbocycles. The highest BCUT2D eigenvalue weighted by molar-refractivity contribution is 5.90. The molecule has 0 atom stereocenters. The zero-order valence-electron chi connectivity index (χ0n) is 12.6. The Bertz CT molecular complexity index is 814. The maximum Gasteiger partial charge on any atom is 0.350 e. The number of hydrogen-bond donors (Lipinski definition) is 1. The van der Waals surface area contributed by atoms with Crippen molar-refractivity contribution in [2.24, 2.45) is 0 Å². The van der Waals surface area contributed by atoms with E-state index in [0.29, 0.717) is 0 Å². The summed E-state index contributed by atoms with van der Waals surface area (Å²) < 4.78 is 58.7. The quantitative estimate of drug-likeness (QED) is 0.368. The minimum Gasteiger partial charge on any atom is -0.475 e. The Morgan fingerprint density at radius 3 is 2.40 bits per heavy atom. The fraction of sp³-hybridized carbons (Fsp3) is 0.231. The molecule has 25 heavy (non-hydrogen) atoms. The van der Waals surface area contributed by atoms with Gasteiger partial charge in [-0.25, -0.2) is 17.6 Å². The van der Waals surface area contributed by atoms with Gasteiger partial charge in [-0.1, -0.05) is 0 Å². The molecule has 1 N–H and O–H groups in total. The topological polar surface area (TPSA) is 99.3 Å². The second-order valence-corrected chi connectivity index (χ2v) is 4.69. The van der Waals surface area contributed by atoms with Crippen LogP contribution in [-0.2, 0) is 11.3 Å². The Morgan fingerprint density at radius 2 is 1.92 bits per heavy atom. The Hall–Kier alpha value is -3.18. The van der Waals surface area contributed by atoms with Gasteiger partial charge >= 0.3 is 11.6 Å². The Kier molecular flexibility index (Phi) is 5.20. The molecule has 0 fully saturated rings. The van der Waals surface area contributed by atoms with Crippen molar-refractivity contribution in [2.45, 2.75) is 13.0 Å². The van der Waals surface area contributed by atoms with E-state index in [9.17, 15) is 32.5 Å². The molecule has 12 heteroatoms. The zero-order chi connectivity index (χ0) is 18.7. The van der Waals surface area contributed by atoms with E-state index in [1.54, 1.807) is 5.32 Å². The summed E-state index contributed by atoms with van der Waals surface area (Å²) in [5, 5.41) is 16.2. The summed E-state index contributed by atoms with van der Waals surface area (Å²) in [6.45, 7) is -0.211. The minimum atomic E-state index is -1.75. The molecular weight excluding hydrogens is 352 g/mol. The molecule has 1 amide bonds. The Morgan fingerprint density at radius 1 is 1.32 bits per heavy atom. The molecule has 0 saturated carbocycles. The van der Waals surface area contributed by atoms with Gasteiger partial charge < -0.3 is 10.1 Å². The molecule has 8 nitrogen and oxygen atoms in total. The van der Waals surface area contributed by atoms with E-state index in [1.165, 1.54) is 0 Å². The molecule has 134 valence electrons.